The van der Waals surface area contributed by atoms with Gasteiger partial charge in [0.05, 0.1) is 16.2 Å². The summed E-state index contributed by atoms with van der Waals surface area (Å²) in [5.41, 5.74) is 1.93. The van der Waals surface area contributed by atoms with Gasteiger partial charge in [-0.2, -0.15) is 5.10 Å². The fraction of sp³-hybridized carbons (Fsp3) is 0.214. The molecule has 3 rings (SSSR count). The standard InChI is InChI=1S/C14H11Cl3N4O/c1-6-13(16)19-14(17)11(18-6)12(22)7-3-4-9-8(10(7)15)5-21(2)20-9/h3-5,12,22H,1-2H3. The molecule has 5 nitrogen and oxygen atoms in total. The van der Waals surface area contributed by atoms with Gasteiger partial charge < -0.3 is 5.11 Å². The molecule has 1 N–H and O–H groups in total. The highest BCUT2D eigenvalue weighted by atomic mass is 35.5. The van der Waals surface area contributed by atoms with Crippen molar-refractivity contribution in [1.82, 2.24) is 19.7 Å². The van der Waals surface area contributed by atoms with Crippen molar-refractivity contribution in [3.05, 3.63) is 50.6 Å². The molecule has 0 saturated carbocycles. The first-order valence-electron chi connectivity index (χ1n) is 6.38. The van der Waals surface area contributed by atoms with Crippen LogP contribution in [0.4, 0.5) is 0 Å². The number of fused-ring (bicyclic) bond motifs is 1. The minimum atomic E-state index is -1.10. The third-order valence-electron chi connectivity index (χ3n) is 3.32. The molecule has 1 unspecified atom stereocenters. The smallest absolute Gasteiger partial charge is 0.155 e. The molecule has 0 amide bonds. The average Bonchev–Trinajstić information content (AvgIpc) is 2.84. The van der Waals surface area contributed by atoms with Gasteiger partial charge in [0.1, 0.15) is 11.8 Å². The summed E-state index contributed by atoms with van der Waals surface area (Å²) in [6, 6.07) is 3.48. The number of aliphatic hydroxyl groups excluding tert-OH is 1. The van der Waals surface area contributed by atoms with E-state index in [2.05, 4.69) is 15.1 Å². The Morgan fingerprint density at radius 3 is 2.59 bits per heavy atom. The van der Waals surface area contributed by atoms with E-state index in [0.717, 1.165) is 10.9 Å². The lowest BCUT2D eigenvalue weighted by Crippen LogP contribution is -2.07. The minimum absolute atomic E-state index is 0.0467. The molecule has 0 radical (unpaired) electrons. The third-order valence-corrected chi connectivity index (χ3v) is 4.37. The van der Waals surface area contributed by atoms with Crippen LogP contribution in [0.25, 0.3) is 10.9 Å². The SMILES string of the molecule is Cc1nc(C(O)c2ccc3nn(C)cc3c2Cl)c(Cl)nc1Cl. The summed E-state index contributed by atoms with van der Waals surface area (Å²) in [7, 11) is 1.80. The van der Waals surface area contributed by atoms with Gasteiger partial charge in [-0.05, 0) is 13.0 Å². The maximum Gasteiger partial charge on any atom is 0.155 e. The Morgan fingerprint density at radius 1 is 1.14 bits per heavy atom. The van der Waals surface area contributed by atoms with Gasteiger partial charge in [-0.15, -0.1) is 0 Å². The molecule has 22 heavy (non-hydrogen) atoms. The fourth-order valence-electron chi connectivity index (χ4n) is 2.22. The number of aliphatic hydroxyl groups is 1. The highest BCUT2D eigenvalue weighted by Crippen LogP contribution is 2.35. The van der Waals surface area contributed by atoms with E-state index in [1.54, 1.807) is 37.0 Å². The lowest BCUT2D eigenvalue weighted by Gasteiger charge is -2.14. The molecule has 0 fully saturated rings. The molecule has 8 heteroatoms. The van der Waals surface area contributed by atoms with Crippen LogP contribution in [0, 0.1) is 6.92 Å². The molecule has 0 saturated heterocycles. The molecular weight excluding hydrogens is 347 g/mol. The van der Waals surface area contributed by atoms with Crippen molar-refractivity contribution >= 4 is 45.7 Å². The van der Waals surface area contributed by atoms with Crippen molar-refractivity contribution < 1.29 is 5.11 Å². The zero-order valence-electron chi connectivity index (χ0n) is 11.7. The Kier molecular flexibility index (Phi) is 3.99. The van der Waals surface area contributed by atoms with E-state index in [0.29, 0.717) is 16.3 Å². The van der Waals surface area contributed by atoms with Crippen LogP contribution in [0.5, 0.6) is 0 Å². The number of halogens is 3. The van der Waals surface area contributed by atoms with Gasteiger partial charge in [0, 0.05) is 24.2 Å². The molecule has 2 heterocycles. The average molecular weight is 358 g/mol. The van der Waals surface area contributed by atoms with E-state index in [1.165, 1.54) is 0 Å². The first-order valence-corrected chi connectivity index (χ1v) is 7.51. The predicted octanol–water partition coefficient (Wildman–Crippen LogP) is 3.71. The van der Waals surface area contributed by atoms with Gasteiger partial charge in [0.2, 0.25) is 0 Å². The Bertz CT molecular complexity index is 878. The van der Waals surface area contributed by atoms with Crippen LogP contribution in [0.2, 0.25) is 15.3 Å². The van der Waals surface area contributed by atoms with Gasteiger partial charge in [-0.1, -0.05) is 40.9 Å². The lowest BCUT2D eigenvalue weighted by molar-refractivity contribution is 0.215. The van der Waals surface area contributed by atoms with Crippen LogP contribution < -0.4 is 0 Å². The lowest BCUT2D eigenvalue weighted by atomic mass is 10.0. The summed E-state index contributed by atoms with van der Waals surface area (Å²) in [4.78, 5) is 8.18. The maximum absolute atomic E-state index is 10.6. The summed E-state index contributed by atoms with van der Waals surface area (Å²) in [5, 5.41) is 16.3. The van der Waals surface area contributed by atoms with Crippen LogP contribution in [-0.4, -0.2) is 24.9 Å². The number of hydrogen-bond donors (Lipinski definition) is 1. The van der Waals surface area contributed by atoms with Gasteiger partial charge in [0.15, 0.2) is 10.3 Å². The van der Waals surface area contributed by atoms with Gasteiger partial charge in [-0.25, -0.2) is 9.97 Å². The number of benzene rings is 1. The second-order valence-electron chi connectivity index (χ2n) is 4.88. The van der Waals surface area contributed by atoms with E-state index >= 15 is 0 Å². The minimum Gasteiger partial charge on any atom is -0.382 e. The summed E-state index contributed by atoms with van der Waals surface area (Å²) in [6.45, 7) is 1.69. The molecule has 0 bridgehead atoms. The molecule has 1 atom stereocenters. The first-order chi connectivity index (χ1) is 10.4. The van der Waals surface area contributed by atoms with Crippen molar-refractivity contribution in [1.29, 1.82) is 0 Å². The number of rotatable bonds is 2. The Hall–Kier alpha value is -1.40. The highest BCUT2D eigenvalue weighted by Gasteiger charge is 2.22. The Labute approximate surface area is 141 Å². The summed E-state index contributed by atoms with van der Waals surface area (Å²) >= 11 is 18.3. The Morgan fingerprint density at radius 2 is 1.86 bits per heavy atom. The van der Waals surface area contributed by atoms with E-state index in [4.69, 9.17) is 34.8 Å². The second-order valence-corrected chi connectivity index (χ2v) is 5.98. The zero-order chi connectivity index (χ0) is 16.0. The third kappa shape index (κ3) is 2.54. The molecule has 0 aliphatic rings. The van der Waals surface area contributed by atoms with Crippen LogP contribution >= 0.6 is 34.8 Å². The van der Waals surface area contributed by atoms with Gasteiger partial charge in [-0.3, -0.25) is 4.68 Å². The van der Waals surface area contributed by atoms with Crippen molar-refractivity contribution in [3.63, 3.8) is 0 Å². The number of hydrogen-bond acceptors (Lipinski definition) is 4. The molecule has 114 valence electrons. The summed E-state index contributed by atoms with van der Waals surface area (Å²) in [6.07, 6.45) is 0.682. The van der Waals surface area contributed by atoms with Gasteiger partial charge >= 0.3 is 0 Å². The van der Waals surface area contributed by atoms with Gasteiger partial charge in [0.25, 0.3) is 0 Å². The maximum atomic E-state index is 10.6. The largest absolute Gasteiger partial charge is 0.382 e. The normalized spacial score (nSPS) is 12.8. The molecule has 1 aromatic carbocycles. The quantitative estimate of drug-likeness (QED) is 0.759. The number of nitrogens with zero attached hydrogens (tertiary/aromatic N) is 4. The summed E-state index contributed by atoms with van der Waals surface area (Å²) in [5.74, 6) is 0. The van der Waals surface area contributed by atoms with Crippen molar-refractivity contribution in [2.24, 2.45) is 7.05 Å². The topological polar surface area (TPSA) is 63.8 Å². The Balaban J connectivity index is 2.14. The van der Waals surface area contributed by atoms with E-state index < -0.39 is 6.10 Å². The monoisotopic (exact) mass is 356 g/mol. The first kappa shape index (κ1) is 15.5. The van der Waals surface area contributed by atoms with Crippen molar-refractivity contribution in [2.75, 3.05) is 0 Å². The molecule has 2 aromatic heterocycles. The van der Waals surface area contributed by atoms with Crippen LogP contribution in [0.3, 0.4) is 0 Å². The van der Waals surface area contributed by atoms with Crippen molar-refractivity contribution in [2.45, 2.75) is 13.0 Å². The molecule has 0 aliphatic heterocycles. The second kappa shape index (κ2) is 5.66. The van der Waals surface area contributed by atoms with Crippen LogP contribution in [0.1, 0.15) is 23.1 Å². The van der Waals surface area contributed by atoms with Crippen LogP contribution in [0.15, 0.2) is 18.3 Å². The predicted molar refractivity (Wildman–Crippen MR) is 86.6 cm³/mol. The number of aryl methyl sites for hydroxylation is 2. The van der Waals surface area contributed by atoms with Crippen LogP contribution in [-0.2, 0) is 7.05 Å². The van der Waals surface area contributed by atoms with E-state index in [9.17, 15) is 5.11 Å². The molecule has 0 aliphatic carbocycles. The zero-order valence-corrected chi connectivity index (χ0v) is 13.9. The highest BCUT2D eigenvalue weighted by molar-refractivity contribution is 6.36. The van der Waals surface area contributed by atoms with E-state index in [-0.39, 0.29) is 16.0 Å². The molecule has 3 aromatic rings. The number of aromatic nitrogens is 4. The van der Waals surface area contributed by atoms with Crippen molar-refractivity contribution in [3.8, 4) is 0 Å². The molecular formula is C14H11Cl3N4O. The summed E-state index contributed by atoms with van der Waals surface area (Å²) < 4.78 is 1.66. The fourth-order valence-corrected chi connectivity index (χ4v) is 2.94. The van der Waals surface area contributed by atoms with E-state index in [1.807, 2.05) is 0 Å². The molecule has 0 spiro atoms.